The summed E-state index contributed by atoms with van der Waals surface area (Å²) in [7, 11) is 1.70. The molecule has 2 aliphatic heterocycles. The molecule has 2 saturated heterocycles. The average molecular weight is 284 g/mol. The van der Waals surface area contributed by atoms with Crippen LogP contribution in [0.4, 0.5) is 0 Å². The SMILES string of the molecule is CNC(=O)C1CCN(CC(O)CN2CCNCC2)CC1. The van der Waals surface area contributed by atoms with E-state index in [1.165, 1.54) is 0 Å². The van der Waals surface area contributed by atoms with Crippen LogP contribution in [0.1, 0.15) is 12.8 Å². The molecule has 2 aliphatic rings. The number of piperidine rings is 1. The van der Waals surface area contributed by atoms with Crippen LogP contribution < -0.4 is 10.6 Å². The quantitative estimate of drug-likeness (QED) is 0.586. The van der Waals surface area contributed by atoms with Crippen molar-refractivity contribution in [3.63, 3.8) is 0 Å². The van der Waals surface area contributed by atoms with Gasteiger partial charge in [0, 0.05) is 52.2 Å². The highest BCUT2D eigenvalue weighted by Crippen LogP contribution is 2.17. The lowest BCUT2D eigenvalue weighted by molar-refractivity contribution is -0.126. The summed E-state index contributed by atoms with van der Waals surface area (Å²) in [5.41, 5.74) is 0. The summed E-state index contributed by atoms with van der Waals surface area (Å²) in [5.74, 6) is 0.313. The number of piperazine rings is 1. The number of carbonyl (C=O) groups excluding carboxylic acids is 1. The van der Waals surface area contributed by atoms with E-state index in [0.717, 1.165) is 65.2 Å². The molecule has 116 valence electrons. The smallest absolute Gasteiger partial charge is 0.222 e. The summed E-state index contributed by atoms with van der Waals surface area (Å²) in [5, 5.41) is 16.2. The van der Waals surface area contributed by atoms with Crippen molar-refractivity contribution in [3.8, 4) is 0 Å². The van der Waals surface area contributed by atoms with E-state index in [0.29, 0.717) is 0 Å². The molecule has 1 unspecified atom stereocenters. The average Bonchev–Trinajstić information content (AvgIpc) is 2.48. The first kappa shape index (κ1) is 15.7. The van der Waals surface area contributed by atoms with Crippen molar-refractivity contribution < 1.29 is 9.90 Å². The largest absolute Gasteiger partial charge is 0.390 e. The summed E-state index contributed by atoms with van der Waals surface area (Å²) in [6.45, 7) is 7.40. The van der Waals surface area contributed by atoms with Gasteiger partial charge in [-0.25, -0.2) is 0 Å². The van der Waals surface area contributed by atoms with E-state index in [4.69, 9.17) is 0 Å². The van der Waals surface area contributed by atoms with Crippen LogP contribution in [0, 0.1) is 5.92 Å². The minimum atomic E-state index is -0.287. The van der Waals surface area contributed by atoms with Gasteiger partial charge in [0.1, 0.15) is 0 Å². The van der Waals surface area contributed by atoms with Crippen LogP contribution in [0.2, 0.25) is 0 Å². The minimum absolute atomic E-state index is 0.154. The van der Waals surface area contributed by atoms with Crippen LogP contribution in [0.5, 0.6) is 0 Å². The standard InChI is InChI=1S/C14H28N4O2/c1-15-14(20)12-2-6-17(7-3-12)10-13(19)11-18-8-4-16-5-9-18/h12-13,16,19H,2-11H2,1H3,(H,15,20). The first-order chi connectivity index (χ1) is 9.69. The van der Waals surface area contributed by atoms with E-state index in [2.05, 4.69) is 20.4 Å². The highest BCUT2D eigenvalue weighted by molar-refractivity contribution is 5.78. The van der Waals surface area contributed by atoms with Crippen LogP contribution in [-0.4, -0.2) is 86.3 Å². The summed E-state index contributed by atoms with van der Waals surface area (Å²) in [6, 6.07) is 0. The van der Waals surface area contributed by atoms with Gasteiger partial charge in [-0.2, -0.15) is 0 Å². The Morgan fingerprint density at radius 3 is 2.30 bits per heavy atom. The Kier molecular flexibility index (Phi) is 6.22. The number of hydrogen-bond donors (Lipinski definition) is 3. The van der Waals surface area contributed by atoms with Gasteiger partial charge in [0.25, 0.3) is 0 Å². The Labute approximate surface area is 121 Å². The monoisotopic (exact) mass is 284 g/mol. The second-order valence-electron chi connectivity index (χ2n) is 5.89. The lowest BCUT2D eigenvalue weighted by atomic mass is 9.96. The van der Waals surface area contributed by atoms with Crippen molar-refractivity contribution in [3.05, 3.63) is 0 Å². The Balaban J connectivity index is 1.65. The van der Waals surface area contributed by atoms with Crippen molar-refractivity contribution in [2.75, 3.05) is 59.4 Å². The molecule has 0 aromatic carbocycles. The fourth-order valence-corrected chi connectivity index (χ4v) is 3.13. The molecule has 2 fully saturated rings. The van der Waals surface area contributed by atoms with Gasteiger partial charge in [-0.05, 0) is 25.9 Å². The topological polar surface area (TPSA) is 67.8 Å². The van der Waals surface area contributed by atoms with Crippen molar-refractivity contribution in [2.24, 2.45) is 5.92 Å². The van der Waals surface area contributed by atoms with Crippen molar-refractivity contribution in [1.82, 2.24) is 20.4 Å². The second-order valence-corrected chi connectivity index (χ2v) is 5.89. The van der Waals surface area contributed by atoms with Gasteiger partial charge in [0.05, 0.1) is 6.10 Å². The van der Waals surface area contributed by atoms with Gasteiger partial charge in [0.2, 0.25) is 5.91 Å². The highest BCUT2D eigenvalue weighted by atomic mass is 16.3. The number of aliphatic hydroxyl groups is 1. The molecular weight excluding hydrogens is 256 g/mol. The number of rotatable bonds is 5. The predicted octanol–water partition coefficient (Wildman–Crippen LogP) is -1.29. The van der Waals surface area contributed by atoms with Crippen LogP contribution in [-0.2, 0) is 4.79 Å². The first-order valence-corrected chi connectivity index (χ1v) is 7.74. The number of hydrogen-bond acceptors (Lipinski definition) is 5. The van der Waals surface area contributed by atoms with E-state index in [-0.39, 0.29) is 17.9 Å². The van der Waals surface area contributed by atoms with E-state index < -0.39 is 0 Å². The van der Waals surface area contributed by atoms with Crippen LogP contribution >= 0.6 is 0 Å². The Hall–Kier alpha value is -0.690. The molecule has 0 radical (unpaired) electrons. The Morgan fingerprint density at radius 2 is 1.75 bits per heavy atom. The highest BCUT2D eigenvalue weighted by Gasteiger charge is 2.25. The van der Waals surface area contributed by atoms with Gasteiger partial charge in [-0.1, -0.05) is 0 Å². The zero-order valence-corrected chi connectivity index (χ0v) is 12.5. The van der Waals surface area contributed by atoms with E-state index in [1.807, 2.05) is 0 Å². The van der Waals surface area contributed by atoms with Gasteiger partial charge in [0.15, 0.2) is 0 Å². The van der Waals surface area contributed by atoms with E-state index in [9.17, 15) is 9.90 Å². The van der Waals surface area contributed by atoms with Crippen LogP contribution in [0.3, 0.4) is 0 Å². The van der Waals surface area contributed by atoms with Gasteiger partial charge >= 0.3 is 0 Å². The van der Waals surface area contributed by atoms with Crippen molar-refractivity contribution >= 4 is 5.91 Å². The molecule has 6 nitrogen and oxygen atoms in total. The molecule has 0 aromatic rings. The van der Waals surface area contributed by atoms with Crippen molar-refractivity contribution in [1.29, 1.82) is 0 Å². The van der Waals surface area contributed by atoms with Crippen molar-refractivity contribution in [2.45, 2.75) is 18.9 Å². The molecule has 0 spiro atoms. The maximum absolute atomic E-state index is 11.6. The van der Waals surface area contributed by atoms with Gasteiger partial charge in [-0.15, -0.1) is 0 Å². The minimum Gasteiger partial charge on any atom is -0.390 e. The number of nitrogens with one attached hydrogen (secondary N) is 2. The third kappa shape index (κ3) is 4.70. The molecule has 2 heterocycles. The second kappa shape index (κ2) is 7.93. The summed E-state index contributed by atoms with van der Waals surface area (Å²) >= 11 is 0. The molecule has 0 aromatic heterocycles. The Bertz CT molecular complexity index is 300. The molecule has 20 heavy (non-hydrogen) atoms. The molecule has 3 N–H and O–H groups in total. The predicted molar refractivity (Wildman–Crippen MR) is 78.5 cm³/mol. The third-order valence-corrected chi connectivity index (χ3v) is 4.35. The lowest BCUT2D eigenvalue weighted by Gasteiger charge is -2.34. The number of nitrogens with zero attached hydrogens (tertiary/aromatic N) is 2. The maximum Gasteiger partial charge on any atom is 0.222 e. The molecule has 6 heteroatoms. The maximum atomic E-state index is 11.6. The number of carbonyl (C=O) groups is 1. The first-order valence-electron chi connectivity index (χ1n) is 7.74. The molecule has 0 bridgehead atoms. The van der Waals surface area contributed by atoms with Crippen LogP contribution in [0.25, 0.3) is 0 Å². The fourth-order valence-electron chi connectivity index (χ4n) is 3.13. The molecule has 1 atom stereocenters. The van der Waals surface area contributed by atoms with E-state index >= 15 is 0 Å². The molecule has 0 saturated carbocycles. The summed E-state index contributed by atoms with van der Waals surface area (Å²) < 4.78 is 0. The zero-order valence-electron chi connectivity index (χ0n) is 12.5. The molecule has 0 aliphatic carbocycles. The number of aliphatic hydroxyl groups excluding tert-OH is 1. The van der Waals surface area contributed by atoms with E-state index in [1.54, 1.807) is 7.05 Å². The normalized spacial score (nSPS) is 24.5. The summed E-state index contributed by atoms with van der Waals surface area (Å²) in [4.78, 5) is 16.2. The van der Waals surface area contributed by atoms with Crippen LogP contribution in [0.15, 0.2) is 0 Å². The molecule has 2 rings (SSSR count). The van der Waals surface area contributed by atoms with Gasteiger partial charge < -0.3 is 20.6 Å². The summed E-state index contributed by atoms with van der Waals surface area (Å²) in [6.07, 6.45) is 1.52. The Morgan fingerprint density at radius 1 is 1.20 bits per heavy atom. The number of likely N-dealkylation sites (tertiary alicyclic amines) is 1. The fraction of sp³-hybridized carbons (Fsp3) is 0.929. The zero-order chi connectivity index (χ0) is 14.4. The molecular formula is C14H28N4O2. The third-order valence-electron chi connectivity index (χ3n) is 4.35. The lowest BCUT2D eigenvalue weighted by Crippen LogP contribution is -2.49. The number of β-amino-alcohol motifs (C(OH)–C–C–N with tert-alkyl or cyclic N) is 1. The molecule has 1 amide bonds. The number of amides is 1. The van der Waals surface area contributed by atoms with Gasteiger partial charge in [-0.3, -0.25) is 9.69 Å².